The zero-order valence-electron chi connectivity index (χ0n) is 48.0. The first-order valence-corrected chi connectivity index (χ1v) is 30.4. The number of carbonyl (C=O) groups excluding carboxylic acids is 5. The summed E-state index contributed by atoms with van der Waals surface area (Å²) in [6.45, 7) is 8.53. The van der Waals surface area contributed by atoms with Gasteiger partial charge in [-0.15, -0.1) is 0 Å². The third-order valence-electron chi connectivity index (χ3n) is 14.1. The molecule has 0 spiro atoms. The monoisotopic (exact) mass is 1160 g/mol. The summed E-state index contributed by atoms with van der Waals surface area (Å²) in [7, 11) is 1.99. The first-order chi connectivity index (χ1) is 40.6. The summed E-state index contributed by atoms with van der Waals surface area (Å²) in [5.41, 5.74) is 3.14. The van der Waals surface area contributed by atoms with Gasteiger partial charge in [-0.3, -0.25) is 24.0 Å². The van der Waals surface area contributed by atoms with Gasteiger partial charge in [0.25, 0.3) is 0 Å². The Balaban J connectivity index is 0.653. The van der Waals surface area contributed by atoms with E-state index in [2.05, 4.69) is 57.0 Å². The zero-order chi connectivity index (χ0) is 58.1. The molecule has 83 heavy (non-hydrogen) atoms. The lowest BCUT2D eigenvalue weighted by Gasteiger charge is -2.30. The molecule has 3 aliphatic heterocycles. The van der Waals surface area contributed by atoms with Crippen molar-refractivity contribution in [2.24, 2.45) is 5.92 Å². The lowest BCUT2D eigenvalue weighted by atomic mass is 9.94. The molecule has 5 amide bonds. The molecule has 7 N–H and O–H groups in total. The minimum atomic E-state index is -0.244. The second-order valence-electron chi connectivity index (χ2n) is 20.8. The second kappa shape index (κ2) is 36.7. The van der Waals surface area contributed by atoms with E-state index < -0.39 is 0 Å². The van der Waals surface area contributed by atoms with Crippen molar-refractivity contribution in [1.82, 2.24) is 36.1 Å². The van der Waals surface area contributed by atoms with Crippen LogP contribution in [0.25, 0.3) is 0 Å². The third kappa shape index (κ3) is 24.5. The summed E-state index contributed by atoms with van der Waals surface area (Å²) >= 11 is 1.96. The number of fused-ring (bicyclic) bond motifs is 1. The smallest absolute Gasteiger partial charge is 0.248 e. The minimum absolute atomic E-state index is 0.0666. The number of morpholine rings is 1. The number of para-hydroxylation sites is 1. The van der Waals surface area contributed by atoms with Crippen LogP contribution in [0.1, 0.15) is 77.0 Å². The standard InChI is InChI=1S/C61H85N11O10S/c1-71(29-8-7-26-62-58(74)17-9-18-59(75)64-28-12-34-79-38-40-81-39-37-78-33-11-27-63-57(73)16-6-5-15-54-50-42-61(77)70-52(50)44-83-54)30-10-19-60(76)69-51-41-47(22-25-53(51)72-31-35-80-36-32-72)68-56-43-55(65-45-66-56)67-46-20-23-49(24-21-46)82-48-13-3-2-4-14-48/h2-4,10,13-14,19-25,41,43,45,50,52,54H,5-9,11-12,15-18,26-40,42,44H2,1H3,(H,62,74)(H,63,73)(H,64,75)(H,69,76)(H,70,77)(H2,65,66,67,68)/b19-10+/t50-,52-,54-/m0/s1. The highest BCUT2D eigenvalue weighted by molar-refractivity contribution is 8.00. The van der Waals surface area contributed by atoms with Crippen LogP contribution in [0, 0.1) is 5.92 Å². The lowest BCUT2D eigenvalue weighted by molar-refractivity contribution is -0.123. The number of hydrogen-bond acceptors (Lipinski definition) is 17. The van der Waals surface area contributed by atoms with Gasteiger partial charge in [0.15, 0.2) is 0 Å². The average molecular weight is 1160 g/mol. The van der Waals surface area contributed by atoms with Crippen LogP contribution in [0.2, 0.25) is 0 Å². The highest BCUT2D eigenvalue weighted by Gasteiger charge is 2.42. The molecule has 3 atom stereocenters. The van der Waals surface area contributed by atoms with E-state index in [9.17, 15) is 24.0 Å². The van der Waals surface area contributed by atoms with E-state index in [0.29, 0.717) is 152 Å². The van der Waals surface area contributed by atoms with Crippen molar-refractivity contribution >= 4 is 75.7 Å². The Morgan fingerprint density at radius 2 is 1.33 bits per heavy atom. The summed E-state index contributed by atoms with van der Waals surface area (Å²) in [6, 6.07) is 25.3. The highest BCUT2D eigenvalue weighted by Crippen LogP contribution is 2.40. The SMILES string of the molecule is CN(C/C=C/C(=O)Nc1cc(Nc2cc(Nc3ccc(Oc4ccccc4)cc3)ncn2)ccc1N1CCOCC1)CCCCNC(=O)CCCC(=O)NCCCOCCOCCOCCCNC(=O)CCCC[C@@H]1SC[C@@H]2NC(=O)C[C@@H]21. The number of aromatic nitrogens is 2. The number of benzene rings is 3. The molecule has 3 aliphatic rings. The van der Waals surface area contributed by atoms with Crippen molar-refractivity contribution in [1.29, 1.82) is 0 Å². The summed E-state index contributed by atoms with van der Waals surface area (Å²) in [5, 5.41) is 22.2. The van der Waals surface area contributed by atoms with Gasteiger partial charge in [0.05, 0.1) is 51.0 Å². The van der Waals surface area contributed by atoms with Crippen molar-refractivity contribution in [2.45, 2.75) is 88.3 Å². The first kappa shape index (κ1) is 63.8. The number of likely N-dealkylation sites (N-methyl/N-ethyl adjacent to an activating group) is 1. The van der Waals surface area contributed by atoms with E-state index >= 15 is 0 Å². The Morgan fingerprint density at radius 1 is 0.711 bits per heavy atom. The fourth-order valence-electron chi connectivity index (χ4n) is 9.74. The molecule has 7 rings (SSSR count). The molecule has 1 aromatic heterocycles. The minimum Gasteiger partial charge on any atom is -0.457 e. The number of nitrogens with one attached hydrogen (secondary N) is 7. The number of rotatable bonds is 39. The van der Waals surface area contributed by atoms with Crippen LogP contribution in [-0.4, -0.2) is 167 Å². The average Bonchev–Trinajstić information content (AvgIpc) is 4.31. The van der Waals surface area contributed by atoms with Gasteiger partial charge < -0.3 is 70.7 Å². The molecule has 0 aliphatic carbocycles. The molecule has 22 heteroatoms. The maximum absolute atomic E-state index is 13.3. The number of hydrogen-bond donors (Lipinski definition) is 7. The summed E-state index contributed by atoms with van der Waals surface area (Å²) in [5.74, 6) is 4.00. The van der Waals surface area contributed by atoms with Gasteiger partial charge in [-0.2, -0.15) is 11.8 Å². The third-order valence-corrected chi connectivity index (χ3v) is 15.7. The molecule has 0 saturated carbocycles. The van der Waals surface area contributed by atoms with Crippen LogP contribution in [0.4, 0.5) is 34.4 Å². The molecular weight excluding hydrogens is 1080 g/mol. The van der Waals surface area contributed by atoms with E-state index in [4.69, 9.17) is 23.7 Å². The van der Waals surface area contributed by atoms with Crippen LogP contribution in [-0.2, 0) is 42.9 Å². The molecule has 3 fully saturated rings. The van der Waals surface area contributed by atoms with Crippen molar-refractivity contribution in [3.8, 4) is 11.5 Å². The maximum Gasteiger partial charge on any atom is 0.248 e. The van der Waals surface area contributed by atoms with Gasteiger partial charge >= 0.3 is 0 Å². The van der Waals surface area contributed by atoms with Crippen LogP contribution < -0.4 is 46.9 Å². The normalized spacial score (nSPS) is 16.6. The van der Waals surface area contributed by atoms with Crippen LogP contribution in [0.5, 0.6) is 11.5 Å². The number of thioether (sulfide) groups is 1. The van der Waals surface area contributed by atoms with Gasteiger partial charge in [-0.25, -0.2) is 9.97 Å². The number of unbranched alkanes of at least 4 members (excludes halogenated alkanes) is 2. The van der Waals surface area contributed by atoms with Crippen molar-refractivity contribution in [2.75, 3.05) is 132 Å². The van der Waals surface area contributed by atoms with E-state index in [1.165, 1.54) is 6.33 Å². The Morgan fingerprint density at radius 3 is 2.01 bits per heavy atom. The number of amides is 5. The summed E-state index contributed by atoms with van der Waals surface area (Å²) in [4.78, 5) is 75.0. The van der Waals surface area contributed by atoms with E-state index in [1.807, 2.05) is 104 Å². The number of carbonyl (C=O) groups is 5. The number of nitrogens with zero attached hydrogens (tertiary/aromatic N) is 4. The summed E-state index contributed by atoms with van der Waals surface area (Å²) in [6.07, 6.45) is 13.2. The van der Waals surface area contributed by atoms with Crippen molar-refractivity contribution < 1.29 is 47.7 Å². The molecular formula is C61H85N11O10S. The zero-order valence-corrected chi connectivity index (χ0v) is 48.9. The first-order valence-electron chi connectivity index (χ1n) is 29.4. The second-order valence-corrected chi connectivity index (χ2v) is 22.0. The highest BCUT2D eigenvalue weighted by atomic mass is 32.2. The van der Waals surface area contributed by atoms with Gasteiger partial charge in [0.2, 0.25) is 29.5 Å². The molecule has 450 valence electrons. The van der Waals surface area contributed by atoms with E-state index in [-0.39, 0.29) is 42.4 Å². The largest absolute Gasteiger partial charge is 0.457 e. The fraction of sp³-hybridized carbons (Fsp3) is 0.525. The molecule has 4 heterocycles. The van der Waals surface area contributed by atoms with Gasteiger partial charge in [0, 0.05) is 125 Å². The van der Waals surface area contributed by atoms with Crippen LogP contribution in [0.3, 0.4) is 0 Å². The Labute approximate surface area is 492 Å². The Bertz CT molecular complexity index is 2630. The predicted octanol–water partition coefficient (Wildman–Crippen LogP) is 7.33. The van der Waals surface area contributed by atoms with Gasteiger partial charge in [-0.05, 0) is 113 Å². The van der Waals surface area contributed by atoms with Crippen LogP contribution in [0.15, 0.2) is 97.3 Å². The molecule has 3 saturated heterocycles. The van der Waals surface area contributed by atoms with Crippen molar-refractivity contribution in [3.05, 3.63) is 97.3 Å². The maximum atomic E-state index is 13.3. The number of ether oxygens (including phenoxy) is 5. The van der Waals surface area contributed by atoms with Crippen LogP contribution >= 0.6 is 11.8 Å². The lowest BCUT2D eigenvalue weighted by Crippen LogP contribution is -2.36. The van der Waals surface area contributed by atoms with E-state index in [0.717, 1.165) is 79.4 Å². The molecule has 21 nitrogen and oxygen atoms in total. The molecule has 0 radical (unpaired) electrons. The van der Waals surface area contributed by atoms with E-state index in [1.54, 1.807) is 6.08 Å². The topological polar surface area (TPSA) is 248 Å². The summed E-state index contributed by atoms with van der Waals surface area (Å²) < 4.78 is 28.3. The molecule has 0 bridgehead atoms. The van der Waals surface area contributed by atoms with Gasteiger partial charge in [-0.1, -0.05) is 30.7 Å². The molecule has 0 unspecified atom stereocenters. The number of anilines is 6. The Hall–Kier alpha value is -6.82. The predicted molar refractivity (Wildman–Crippen MR) is 325 cm³/mol. The quantitative estimate of drug-likeness (QED) is 0.0171. The molecule has 3 aromatic carbocycles. The molecule has 4 aromatic rings. The Kier molecular flexibility index (Phi) is 28.2. The van der Waals surface area contributed by atoms with Gasteiger partial charge in [0.1, 0.15) is 29.5 Å². The fourth-order valence-corrected chi connectivity index (χ4v) is 11.4. The van der Waals surface area contributed by atoms with Crippen molar-refractivity contribution in [3.63, 3.8) is 0 Å².